The van der Waals surface area contributed by atoms with Gasteiger partial charge in [-0.1, -0.05) is 11.8 Å². The number of amidine groups is 1. The second-order valence-corrected chi connectivity index (χ2v) is 8.85. The Morgan fingerprint density at radius 3 is 2.75 bits per heavy atom. The first-order chi connectivity index (χ1) is 11.4. The maximum Gasteiger partial charge on any atom is 0.262 e. The number of anilines is 1. The third-order valence-corrected chi connectivity index (χ3v) is 7.08. The summed E-state index contributed by atoms with van der Waals surface area (Å²) in [6.45, 7) is 0. The van der Waals surface area contributed by atoms with Gasteiger partial charge in [-0.2, -0.15) is 10.3 Å². The Morgan fingerprint density at radius 2 is 2.12 bits per heavy atom. The van der Waals surface area contributed by atoms with E-state index in [1.165, 1.54) is 11.8 Å². The van der Waals surface area contributed by atoms with Gasteiger partial charge in [-0.25, -0.2) is 8.42 Å². The average molecular weight is 365 g/mol. The zero-order chi connectivity index (χ0) is 17.3. The highest BCUT2D eigenvalue weighted by Crippen LogP contribution is 2.41. The van der Waals surface area contributed by atoms with E-state index in [0.29, 0.717) is 10.9 Å². The summed E-state index contributed by atoms with van der Waals surface area (Å²) < 4.78 is 29.0. The van der Waals surface area contributed by atoms with Crippen LogP contribution in [-0.2, 0) is 14.6 Å². The number of nitriles is 1. The first-order valence-corrected chi connectivity index (χ1v) is 9.92. The number of thioether (sulfide) groups is 1. The predicted molar refractivity (Wildman–Crippen MR) is 92.0 cm³/mol. The summed E-state index contributed by atoms with van der Waals surface area (Å²) in [4.78, 5) is 17.5. The summed E-state index contributed by atoms with van der Waals surface area (Å²) >= 11 is 1.29. The summed E-state index contributed by atoms with van der Waals surface area (Å²) in [5.41, 5.74) is 0.747. The number of hydrogen-bond acceptors (Lipinski definition) is 6. The number of nitrogens with zero attached hydrogens (tertiary/aromatic N) is 3. The molecule has 0 saturated carbocycles. The average Bonchev–Trinajstić information content (AvgIpc) is 2.98. The van der Waals surface area contributed by atoms with Gasteiger partial charge < -0.3 is 9.64 Å². The number of methoxy groups -OCH3 is 1. The van der Waals surface area contributed by atoms with Crippen LogP contribution in [-0.4, -0.2) is 49.4 Å². The van der Waals surface area contributed by atoms with Crippen molar-refractivity contribution in [2.45, 2.75) is 17.7 Å². The van der Waals surface area contributed by atoms with Crippen molar-refractivity contribution in [1.29, 1.82) is 5.26 Å². The molecule has 0 unspecified atom stereocenters. The number of rotatable bonds is 3. The quantitative estimate of drug-likeness (QED) is 0.793. The van der Waals surface area contributed by atoms with Gasteiger partial charge in [0.05, 0.1) is 30.7 Å². The summed E-state index contributed by atoms with van der Waals surface area (Å²) in [6, 6.07) is 8.66. The number of aliphatic imine (C=N–C) groups is 1. The molecule has 0 bridgehead atoms. The summed E-state index contributed by atoms with van der Waals surface area (Å²) in [5.74, 6) is 0.254. The van der Waals surface area contributed by atoms with Crippen molar-refractivity contribution >= 4 is 38.4 Å². The van der Waals surface area contributed by atoms with Crippen LogP contribution in [0.25, 0.3) is 0 Å². The molecular formula is C15H15N3O4S2. The van der Waals surface area contributed by atoms with Crippen LogP contribution in [0.2, 0.25) is 0 Å². The van der Waals surface area contributed by atoms with Gasteiger partial charge in [0, 0.05) is 10.9 Å². The molecule has 1 aromatic rings. The molecule has 2 fully saturated rings. The van der Waals surface area contributed by atoms with Gasteiger partial charge in [0.1, 0.15) is 12.2 Å². The zero-order valence-corrected chi connectivity index (χ0v) is 14.5. The van der Waals surface area contributed by atoms with Gasteiger partial charge >= 0.3 is 0 Å². The van der Waals surface area contributed by atoms with Crippen molar-refractivity contribution in [3.05, 3.63) is 24.3 Å². The largest absolute Gasteiger partial charge is 0.497 e. The highest BCUT2D eigenvalue weighted by atomic mass is 32.2. The van der Waals surface area contributed by atoms with Crippen molar-refractivity contribution in [3.8, 4) is 11.8 Å². The fourth-order valence-electron chi connectivity index (χ4n) is 2.82. The molecular weight excluding hydrogens is 350 g/mol. The SMILES string of the molecule is COc1ccc(N2C(=NC(=O)CC#N)S[C@H]3CS(=O)(=O)C[C@@H]32)cc1. The molecule has 2 aliphatic rings. The lowest BCUT2D eigenvalue weighted by Crippen LogP contribution is -2.37. The van der Waals surface area contributed by atoms with Gasteiger partial charge in [0.25, 0.3) is 5.91 Å². The highest BCUT2D eigenvalue weighted by Gasteiger charge is 2.49. The lowest BCUT2D eigenvalue weighted by atomic mass is 10.2. The lowest BCUT2D eigenvalue weighted by molar-refractivity contribution is -0.116. The van der Waals surface area contributed by atoms with Crippen LogP contribution in [0.5, 0.6) is 5.75 Å². The molecule has 0 spiro atoms. The first-order valence-electron chi connectivity index (χ1n) is 7.22. The molecule has 2 aliphatic heterocycles. The number of hydrogen-bond donors (Lipinski definition) is 0. The number of carbonyl (C=O) groups is 1. The minimum atomic E-state index is -3.10. The molecule has 9 heteroatoms. The normalized spacial score (nSPS) is 26.2. The van der Waals surface area contributed by atoms with E-state index in [2.05, 4.69) is 4.99 Å². The molecule has 0 radical (unpaired) electrons. The van der Waals surface area contributed by atoms with Crippen molar-refractivity contribution in [1.82, 2.24) is 0 Å². The minimum Gasteiger partial charge on any atom is -0.497 e. The Bertz CT molecular complexity index is 827. The Labute approximate surface area is 144 Å². The molecule has 2 heterocycles. The lowest BCUT2D eigenvalue weighted by Gasteiger charge is -2.24. The molecule has 126 valence electrons. The van der Waals surface area contributed by atoms with Crippen LogP contribution in [0.3, 0.4) is 0 Å². The molecule has 1 aromatic carbocycles. The van der Waals surface area contributed by atoms with Crippen LogP contribution < -0.4 is 9.64 Å². The second-order valence-electron chi connectivity index (χ2n) is 5.49. The Morgan fingerprint density at radius 1 is 1.42 bits per heavy atom. The fourth-order valence-corrected chi connectivity index (χ4v) is 6.75. The van der Waals surface area contributed by atoms with Crippen LogP contribution in [0, 0.1) is 11.3 Å². The van der Waals surface area contributed by atoms with E-state index in [1.54, 1.807) is 42.3 Å². The maximum atomic E-state index is 11.9. The van der Waals surface area contributed by atoms with Gasteiger partial charge in [0.15, 0.2) is 15.0 Å². The number of carbonyl (C=O) groups excluding carboxylic acids is 1. The van der Waals surface area contributed by atoms with E-state index < -0.39 is 15.7 Å². The van der Waals surface area contributed by atoms with Gasteiger partial charge in [-0.15, -0.1) is 0 Å². The van der Waals surface area contributed by atoms with Gasteiger partial charge in [-0.3, -0.25) is 4.79 Å². The fraction of sp³-hybridized carbons (Fsp3) is 0.400. The van der Waals surface area contributed by atoms with E-state index >= 15 is 0 Å². The molecule has 2 atom stereocenters. The van der Waals surface area contributed by atoms with Crippen LogP contribution in [0.15, 0.2) is 29.3 Å². The third kappa shape index (κ3) is 3.25. The molecule has 7 nitrogen and oxygen atoms in total. The Kier molecular flexibility index (Phi) is 4.51. The molecule has 0 N–H and O–H groups in total. The molecule has 2 saturated heterocycles. The van der Waals surface area contributed by atoms with Crippen molar-refractivity contribution < 1.29 is 17.9 Å². The van der Waals surface area contributed by atoms with E-state index in [1.807, 2.05) is 0 Å². The van der Waals surface area contributed by atoms with Crippen LogP contribution >= 0.6 is 11.8 Å². The predicted octanol–water partition coefficient (Wildman–Crippen LogP) is 1.21. The van der Waals surface area contributed by atoms with Crippen molar-refractivity contribution in [2.75, 3.05) is 23.5 Å². The zero-order valence-electron chi connectivity index (χ0n) is 12.9. The molecule has 24 heavy (non-hydrogen) atoms. The standard InChI is InChI=1S/C15H15N3O4S2/c1-22-11-4-2-10(3-5-11)18-12-8-24(20,21)9-13(12)23-15(18)17-14(19)6-7-16/h2-5,12-13H,6,8-9H2,1H3/t12-,13-/m0/s1. The molecule has 1 amide bonds. The van der Waals surface area contributed by atoms with Gasteiger partial charge in [-0.05, 0) is 24.3 Å². The van der Waals surface area contributed by atoms with Crippen LogP contribution in [0.4, 0.5) is 5.69 Å². The Balaban J connectivity index is 1.97. The number of ether oxygens (including phenoxy) is 1. The highest BCUT2D eigenvalue weighted by molar-refractivity contribution is 8.16. The third-order valence-electron chi connectivity index (χ3n) is 3.87. The number of amides is 1. The van der Waals surface area contributed by atoms with E-state index in [0.717, 1.165) is 5.69 Å². The first kappa shape index (κ1) is 16.8. The minimum absolute atomic E-state index is 0.0299. The number of fused-ring (bicyclic) bond motifs is 1. The Hall–Kier alpha value is -2.05. The summed E-state index contributed by atoms with van der Waals surface area (Å²) in [5, 5.41) is 8.92. The number of sulfone groups is 1. The van der Waals surface area contributed by atoms with Crippen molar-refractivity contribution in [3.63, 3.8) is 0 Å². The van der Waals surface area contributed by atoms with Crippen molar-refractivity contribution in [2.24, 2.45) is 4.99 Å². The van der Waals surface area contributed by atoms with Gasteiger partial charge in [0.2, 0.25) is 0 Å². The smallest absolute Gasteiger partial charge is 0.262 e. The second kappa shape index (κ2) is 6.45. The maximum absolute atomic E-state index is 11.9. The molecule has 0 aromatic heterocycles. The van der Waals surface area contributed by atoms with E-state index in [-0.39, 0.29) is 29.2 Å². The van der Waals surface area contributed by atoms with E-state index in [9.17, 15) is 13.2 Å². The topological polar surface area (TPSA) is 99.8 Å². The summed E-state index contributed by atoms with van der Waals surface area (Å²) in [6.07, 6.45) is -0.297. The molecule has 0 aliphatic carbocycles. The molecule has 3 rings (SSSR count). The van der Waals surface area contributed by atoms with E-state index in [4.69, 9.17) is 10.00 Å². The number of benzene rings is 1. The van der Waals surface area contributed by atoms with Crippen LogP contribution in [0.1, 0.15) is 6.42 Å². The summed E-state index contributed by atoms with van der Waals surface area (Å²) in [7, 11) is -1.54. The monoisotopic (exact) mass is 365 g/mol.